The van der Waals surface area contributed by atoms with Gasteiger partial charge in [0.05, 0.1) is 12.1 Å². The summed E-state index contributed by atoms with van der Waals surface area (Å²) in [5.74, 6) is 0.142. The van der Waals surface area contributed by atoms with Gasteiger partial charge in [-0.1, -0.05) is 6.07 Å². The molecule has 3 rings (SSSR count). The number of halogens is 4. The monoisotopic (exact) mass is 391 g/mol. The highest BCUT2D eigenvalue weighted by Crippen LogP contribution is 2.31. The predicted molar refractivity (Wildman–Crippen MR) is 96.3 cm³/mol. The second kappa shape index (κ2) is 8.59. The maximum atomic E-state index is 12.8. The first-order valence-electron chi connectivity index (χ1n) is 8.74. The molecule has 1 unspecified atom stereocenters. The van der Waals surface area contributed by atoms with Crippen LogP contribution in [0, 0.1) is 6.92 Å². The van der Waals surface area contributed by atoms with Gasteiger partial charge in [-0.25, -0.2) is 0 Å². The molecule has 2 aliphatic heterocycles. The van der Waals surface area contributed by atoms with Crippen LogP contribution in [0.5, 0.6) is 0 Å². The molecule has 0 saturated carbocycles. The van der Waals surface area contributed by atoms with E-state index in [1.165, 1.54) is 6.07 Å². The van der Waals surface area contributed by atoms with E-state index >= 15 is 0 Å². The lowest BCUT2D eigenvalue weighted by molar-refractivity contribution is -0.137. The molecule has 0 aliphatic carbocycles. The van der Waals surface area contributed by atoms with Crippen molar-refractivity contribution in [1.29, 1.82) is 0 Å². The zero-order valence-corrected chi connectivity index (χ0v) is 15.6. The lowest BCUT2D eigenvalue weighted by Crippen LogP contribution is -2.56. The number of amides is 1. The predicted octanol–water partition coefficient (Wildman–Crippen LogP) is 2.83. The fourth-order valence-corrected chi connectivity index (χ4v) is 3.73. The van der Waals surface area contributed by atoms with Gasteiger partial charge in [-0.2, -0.15) is 13.2 Å². The first-order chi connectivity index (χ1) is 11.8. The summed E-state index contributed by atoms with van der Waals surface area (Å²) in [6, 6.07) is 4.16. The smallest absolute Gasteiger partial charge is 0.336 e. The van der Waals surface area contributed by atoms with Crippen molar-refractivity contribution in [2.24, 2.45) is 0 Å². The van der Waals surface area contributed by atoms with Gasteiger partial charge in [-0.15, -0.1) is 12.4 Å². The molecule has 1 aromatic rings. The van der Waals surface area contributed by atoms with Gasteiger partial charge in [0, 0.05) is 32.2 Å². The van der Waals surface area contributed by atoms with E-state index in [2.05, 4.69) is 10.2 Å². The van der Waals surface area contributed by atoms with Crippen LogP contribution in [-0.2, 0) is 17.5 Å². The van der Waals surface area contributed by atoms with Gasteiger partial charge in [0.25, 0.3) is 0 Å². The highest BCUT2D eigenvalue weighted by atomic mass is 35.5. The number of likely N-dealkylation sites (tertiary alicyclic amines) is 1. The quantitative estimate of drug-likeness (QED) is 0.860. The Kier molecular flexibility index (Phi) is 6.93. The van der Waals surface area contributed by atoms with Crippen molar-refractivity contribution in [3.63, 3.8) is 0 Å². The molecule has 2 saturated heterocycles. The molecule has 0 bridgehead atoms. The number of hydrogen-bond acceptors (Lipinski definition) is 3. The number of aryl methyl sites for hydroxylation is 1. The van der Waals surface area contributed by atoms with Crippen molar-refractivity contribution in [3.8, 4) is 0 Å². The molecule has 0 radical (unpaired) electrons. The fourth-order valence-electron chi connectivity index (χ4n) is 3.73. The third-order valence-electron chi connectivity index (χ3n) is 5.11. The number of rotatable bonds is 3. The summed E-state index contributed by atoms with van der Waals surface area (Å²) in [5, 5.41) is 3.08. The molecule has 26 heavy (non-hydrogen) atoms. The highest BCUT2D eigenvalue weighted by molar-refractivity contribution is 5.85. The molecule has 0 aromatic heterocycles. The van der Waals surface area contributed by atoms with Crippen molar-refractivity contribution >= 4 is 18.3 Å². The van der Waals surface area contributed by atoms with Crippen LogP contribution in [0.3, 0.4) is 0 Å². The summed E-state index contributed by atoms with van der Waals surface area (Å²) >= 11 is 0. The summed E-state index contributed by atoms with van der Waals surface area (Å²) in [7, 11) is 0. The Morgan fingerprint density at radius 3 is 2.69 bits per heavy atom. The maximum Gasteiger partial charge on any atom is 0.416 e. The first-order valence-corrected chi connectivity index (χ1v) is 8.74. The molecular weight excluding hydrogens is 367 g/mol. The van der Waals surface area contributed by atoms with Crippen LogP contribution in [0.4, 0.5) is 13.2 Å². The van der Waals surface area contributed by atoms with Crippen LogP contribution in [0.15, 0.2) is 18.2 Å². The van der Waals surface area contributed by atoms with Crippen molar-refractivity contribution in [2.75, 3.05) is 32.7 Å². The first kappa shape index (κ1) is 21.0. The van der Waals surface area contributed by atoms with Crippen LogP contribution < -0.4 is 5.32 Å². The number of carbonyl (C=O) groups excluding carboxylic acids is 1. The van der Waals surface area contributed by atoms with Crippen molar-refractivity contribution in [2.45, 2.75) is 38.5 Å². The lowest BCUT2D eigenvalue weighted by Gasteiger charge is -2.41. The Bertz CT molecular complexity index is 639. The molecule has 1 amide bonds. The number of alkyl halides is 3. The van der Waals surface area contributed by atoms with Gasteiger partial charge in [0.2, 0.25) is 5.91 Å². The summed E-state index contributed by atoms with van der Waals surface area (Å²) in [6.07, 6.45) is -2.31. The molecule has 8 heteroatoms. The normalized spacial score (nSPS) is 22.2. The van der Waals surface area contributed by atoms with Crippen LogP contribution in [0.1, 0.15) is 29.5 Å². The van der Waals surface area contributed by atoms with Crippen molar-refractivity contribution in [3.05, 3.63) is 34.9 Å². The number of benzene rings is 1. The number of piperidine rings is 1. The molecule has 1 N–H and O–H groups in total. The van der Waals surface area contributed by atoms with Crippen LogP contribution >= 0.6 is 12.4 Å². The standard InChI is InChI=1S/C18H24F3N3O.ClH/c1-13-9-15(18(19,20)21)5-4-14(13)11-23-7-2-3-16(12-23)24-8-6-22-10-17(24)25;/h4-5,9,16,22H,2-3,6-8,10-12H2,1H3;1H. The van der Waals surface area contributed by atoms with E-state index in [1.807, 2.05) is 4.90 Å². The molecular formula is C18H25ClF3N3O. The van der Waals surface area contributed by atoms with Gasteiger partial charge < -0.3 is 10.2 Å². The Morgan fingerprint density at radius 1 is 1.27 bits per heavy atom. The minimum atomic E-state index is -4.30. The average Bonchev–Trinajstić information content (AvgIpc) is 2.56. The molecule has 146 valence electrons. The largest absolute Gasteiger partial charge is 0.416 e. The zero-order valence-electron chi connectivity index (χ0n) is 14.8. The fraction of sp³-hybridized carbons (Fsp3) is 0.611. The van der Waals surface area contributed by atoms with Gasteiger partial charge in [-0.05, 0) is 49.6 Å². The number of nitrogens with zero attached hydrogens (tertiary/aromatic N) is 2. The van der Waals surface area contributed by atoms with Crippen molar-refractivity contribution < 1.29 is 18.0 Å². The molecule has 1 aromatic carbocycles. The Hall–Kier alpha value is -1.31. The maximum absolute atomic E-state index is 12.8. The third kappa shape index (κ3) is 4.90. The molecule has 1 atom stereocenters. The van der Waals surface area contributed by atoms with E-state index in [0.717, 1.165) is 50.7 Å². The molecule has 2 aliphatic rings. The second-order valence-corrected chi connectivity index (χ2v) is 6.93. The molecule has 4 nitrogen and oxygen atoms in total. The van der Waals surface area contributed by atoms with Gasteiger partial charge in [0.1, 0.15) is 0 Å². The van der Waals surface area contributed by atoms with Crippen LogP contribution in [0.25, 0.3) is 0 Å². The Morgan fingerprint density at radius 2 is 2.04 bits per heavy atom. The number of carbonyl (C=O) groups is 1. The van der Waals surface area contributed by atoms with Crippen LogP contribution in [-0.4, -0.2) is 54.5 Å². The number of piperazine rings is 1. The van der Waals surface area contributed by atoms with E-state index < -0.39 is 11.7 Å². The summed E-state index contributed by atoms with van der Waals surface area (Å²) in [5.41, 5.74) is 0.979. The van der Waals surface area contributed by atoms with Gasteiger partial charge >= 0.3 is 6.18 Å². The van der Waals surface area contributed by atoms with Gasteiger partial charge in [0.15, 0.2) is 0 Å². The summed E-state index contributed by atoms with van der Waals surface area (Å²) < 4.78 is 38.4. The minimum absolute atomic E-state index is 0. The van der Waals surface area contributed by atoms with E-state index in [9.17, 15) is 18.0 Å². The molecule has 2 fully saturated rings. The zero-order chi connectivity index (χ0) is 18.0. The average molecular weight is 392 g/mol. The molecule has 0 spiro atoms. The lowest BCUT2D eigenvalue weighted by atomic mass is 10.00. The van der Waals surface area contributed by atoms with Crippen LogP contribution in [0.2, 0.25) is 0 Å². The van der Waals surface area contributed by atoms with Gasteiger partial charge in [-0.3, -0.25) is 9.69 Å². The Labute approximate surface area is 158 Å². The van der Waals surface area contributed by atoms with E-state index in [0.29, 0.717) is 18.7 Å². The highest BCUT2D eigenvalue weighted by Gasteiger charge is 2.32. The second-order valence-electron chi connectivity index (χ2n) is 6.93. The number of hydrogen-bond donors (Lipinski definition) is 1. The summed E-state index contributed by atoms with van der Waals surface area (Å²) in [6.45, 7) is 6.00. The Balaban J connectivity index is 0.00000243. The summed E-state index contributed by atoms with van der Waals surface area (Å²) in [4.78, 5) is 16.3. The number of nitrogens with one attached hydrogen (secondary N) is 1. The van der Waals surface area contributed by atoms with Crippen molar-refractivity contribution in [1.82, 2.24) is 15.1 Å². The third-order valence-corrected chi connectivity index (χ3v) is 5.11. The van der Waals surface area contributed by atoms with E-state index in [1.54, 1.807) is 13.0 Å². The van der Waals surface area contributed by atoms with E-state index in [-0.39, 0.29) is 24.4 Å². The van der Waals surface area contributed by atoms with E-state index in [4.69, 9.17) is 0 Å². The molecule has 2 heterocycles. The minimum Gasteiger partial charge on any atom is -0.336 e. The SMILES string of the molecule is Cc1cc(C(F)(F)F)ccc1CN1CCCC(N2CCNCC2=O)C1.Cl. The topological polar surface area (TPSA) is 35.6 Å².